The summed E-state index contributed by atoms with van der Waals surface area (Å²) >= 11 is 11.0. The highest BCUT2D eigenvalue weighted by molar-refractivity contribution is 9.11. The van der Waals surface area contributed by atoms with Gasteiger partial charge in [0.25, 0.3) is 5.91 Å². The van der Waals surface area contributed by atoms with E-state index in [1.165, 1.54) is 17.8 Å². The van der Waals surface area contributed by atoms with Crippen molar-refractivity contribution in [3.63, 3.8) is 0 Å². The van der Waals surface area contributed by atoms with Crippen LogP contribution in [0.15, 0.2) is 15.2 Å². The highest BCUT2D eigenvalue weighted by Crippen LogP contribution is 2.33. The topological polar surface area (TPSA) is 29.1 Å². The van der Waals surface area contributed by atoms with Crippen molar-refractivity contribution in [1.29, 1.82) is 0 Å². The molecule has 1 heterocycles. The quantitative estimate of drug-likeness (QED) is 0.803. The largest absolute Gasteiger partial charge is 0.345 e. The van der Waals surface area contributed by atoms with Crippen LogP contribution < -0.4 is 5.32 Å². The highest BCUT2D eigenvalue weighted by Gasteiger charge is 2.35. The fourth-order valence-electron chi connectivity index (χ4n) is 2.67. The summed E-state index contributed by atoms with van der Waals surface area (Å²) in [6, 6.07) is 1.86. The van der Waals surface area contributed by atoms with Gasteiger partial charge in [-0.3, -0.25) is 4.79 Å². The number of carbonyl (C=O) groups is 1. The summed E-state index contributed by atoms with van der Waals surface area (Å²) in [5, 5.41) is 5.03. The fraction of sp³-hybridized carbons (Fsp3) is 0.615. The number of thiophene rings is 1. The lowest BCUT2D eigenvalue weighted by Crippen LogP contribution is -2.52. The first-order valence-corrected chi connectivity index (χ1v) is 8.38. The summed E-state index contributed by atoms with van der Waals surface area (Å²) in [6.45, 7) is 2.23. The summed E-state index contributed by atoms with van der Waals surface area (Å²) in [4.78, 5) is 12.2. The molecule has 1 aromatic rings. The second-order valence-electron chi connectivity index (χ2n) is 5.21. The molecule has 1 aromatic heterocycles. The molecule has 1 amide bonds. The maximum Gasteiger partial charge on any atom is 0.252 e. The van der Waals surface area contributed by atoms with Gasteiger partial charge in [-0.1, -0.05) is 19.8 Å². The molecule has 1 fully saturated rings. The average molecular weight is 351 g/mol. The molecule has 1 aliphatic rings. The van der Waals surface area contributed by atoms with Gasteiger partial charge in [-0.25, -0.2) is 0 Å². The van der Waals surface area contributed by atoms with Gasteiger partial charge in [-0.2, -0.15) is 0 Å². The van der Waals surface area contributed by atoms with Gasteiger partial charge >= 0.3 is 0 Å². The minimum absolute atomic E-state index is 0.00769. The molecule has 0 saturated heterocycles. The molecular formula is C13H17BrClNOS. The second-order valence-corrected chi connectivity index (χ2v) is 7.77. The predicted molar refractivity (Wildman–Crippen MR) is 80.6 cm³/mol. The Morgan fingerprint density at radius 1 is 1.72 bits per heavy atom. The molecule has 1 saturated carbocycles. The molecule has 0 aliphatic heterocycles. The molecule has 2 rings (SSSR count). The third-order valence-corrected chi connectivity index (χ3v) is 5.57. The van der Waals surface area contributed by atoms with E-state index in [9.17, 15) is 4.79 Å². The van der Waals surface area contributed by atoms with E-state index >= 15 is 0 Å². The number of hydrogen-bond donors (Lipinski definition) is 1. The smallest absolute Gasteiger partial charge is 0.252 e. The van der Waals surface area contributed by atoms with Crippen LogP contribution in [-0.4, -0.2) is 17.3 Å². The van der Waals surface area contributed by atoms with Crippen LogP contribution in [0.2, 0.25) is 0 Å². The van der Waals surface area contributed by atoms with E-state index in [0.29, 0.717) is 11.8 Å². The van der Waals surface area contributed by atoms with Crippen LogP contribution in [0.3, 0.4) is 0 Å². The molecule has 18 heavy (non-hydrogen) atoms. The van der Waals surface area contributed by atoms with Crippen LogP contribution in [0.4, 0.5) is 0 Å². The predicted octanol–water partition coefficient (Wildman–Crippen LogP) is 4.43. The minimum Gasteiger partial charge on any atom is -0.345 e. The first-order valence-electron chi connectivity index (χ1n) is 6.17. The number of carbonyl (C=O) groups excluding carboxylic acids is 1. The first kappa shape index (κ1) is 14.4. The van der Waals surface area contributed by atoms with Crippen LogP contribution in [-0.2, 0) is 0 Å². The summed E-state index contributed by atoms with van der Waals surface area (Å²) in [5.74, 6) is 1.12. The highest BCUT2D eigenvalue weighted by atomic mass is 79.9. The number of nitrogens with one attached hydrogen (secondary N) is 1. The van der Waals surface area contributed by atoms with E-state index in [-0.39, 0.29) is 11.4 Å². The fourth-order valence-corrected chi connectivity index (χ4v) is 4.12. The van der Waals surface area contributed by atoms with E-state index in [0.717, 1.165) is 28.6 Å². The van der Waals surface area contributed by atoms with Crippen LogP contribution in [0, 0.1) is 5.92 Å². The van der Waals surface area contributed by atoms with Gasteiger partial charge in [0.05, 0.1) is 14.9 Å². The summed E-state index contributed by atoms with van der Waals surface area (Å²) in [5.41, 5.74) is 0.500. The van der Waals surface area contributed by atoms with E-state index in [1.807, 2.05) is 11.4 Å². The lowest BCUT2D eigenvalue weighted by atomic mass is 9.77. The number of rotatable bonds is 3. The number of amides is 1. The third kappa shape index (κ3) is 3.28. The second kappa shape index (κ2) is 5.93. The number of hydrogen-bond acceptors (Lipinski definition) is 2. The van der Waals surface area contributed by atoms with Crippen molar-refractivity contribution in [1.82, 2.24) is 5.32 Å². The van der Waals surface area contributed by atoms with Gasteiger partial charge in [0.2, 0.25) is 0 Å². The Labute approximate surface area is 125 Å². The van der Waals surface area contributed by atoms with Gasteiger partial charge in [0.1, 0.15) is 0 Å². The zero-order valence-electron chi connectivity index (χ0n) is 10.3. The molecule has 5 heteroatoms. The van der Waals surface area contributed by atoms with Gasteiger partial charge in [0.15, 0.2) is 0 Å². The summed E-state index contributed by atoms with van der Waals surface area (Å²) in [7, 11) is 0. The van der Waals surface area contributed by atoms with E-state index in [4.69, 9.17) is 11.6 Å². The van der Waals surface area contributed by atoms with Gasteiger partial charge in [0, 0.05) is 11.3 Å². The van der Waals surface area contributed by atoms with Gasteiger partial charge in [-0.15, -0.1) is 22.9 Å². The molecule has 0 bridgehead atoms. The van der Waals surface area contributed by atoms with Crippen molar-refractivity contribution in [3.8, 4) is 0 Å². The van der Waals surface area contributed by atoms with Crippen molar-refractivity contribution < 1.29 is 4.79 Å². The molecule has 0 spiro atoms. The first-order chi connectivity index (χ1) is 8.54. The molecule has 2 unspecified atom stereocenters. The molecule has 0 aromatic carbocycles. The molecule has 2 atom stereocenters. The zero-order chi connectivity index (χ0) is 13.2. The van der Waals surface area contributed by atoms with Gasteiger partial charge < -0.3 is 5.32 Å². The van der Waals surface area contributed by atoms with E-state index in [1.54, 1.807) is 0 Å². The molecule has 2 nitrogen and oxygen atoms in total. The summed E-state index contributed by atoms with van der Waals surface area (Å²) in [6.07, 6.45) is 4.34. The van der Waals surface area contributed by atoms with Crippen molar-refractivity contribution in [2.45, 2.75) is 38.1 Å². The summed E-state index contributed by atoms with van der Waals surface area (Å²) < 4.78 is 0.976. The van der Waals surface area contributed by atoms with Crippen molar-refractivity contribution >= 4 is 44.8 Å². The Kier molecular flexibility index (Phi) is 4.73. The normalized spacial score (nSPS) is 28.1. The Morgan fingerprint density at radius 3 is 3.06 bits per heavy atom. The van der Waals surface area contributed by atoms with E-state index in [2.05, 4.69) is 28.2 Å². The van der Waals surface area contributed by atoms with E-state index < -0.39 is 0 Å². The maximum atomic E-state index is 12.2. The van der Waals surface area contributed by atoms with Crippen LogP contribution in [0.1, 0.15) is 43.0 Å². The molecular weight excluding hydrogens is 334 g/mol. The Bertz CT molecular complexity index is 436. The van der Waals surface area contributed by atoms with Crippen molar-refractivity contribution in [2.75, 3.05) is 5.88 Å². The van der Waals surface area contributed by atoms with Crippen LogP contribution >= 0.6 is 38.9 Å². The lowest BCUT2D eigenvalue weighted by Gasteiger charge is -2.39. The van der Waals surface area contributed by atoms with Crippen molar-refractivity contribution in [3.05, 3.63) is 20.8 Å². The Morgan fingerprint density at radius 2 is 2.50 bits per heavy atom. The number of alkyl halides is 1. The lowest BCUT2D eigenvalue weighted by molar-refractivity contribution is 0.0868. The standard InChI is InChI=1S/C13H17BrClNOS/c1-9-3-2-4-13(6-9,8-15)16-12(17)10-5-11(14)18-7-10/h5,7,9H,2-4,6,8H2,1H3,(H,16,17). The van der Waals surface area contributed by atoms with Crippen LogP contribution in [0.25, 0.3) is 0 Å². The van der Waals surface area contributed by atoms with Crippen LogP contribution in [0.5, 0.6) is 0 Å². The molecule has 1 aliphatic carbocycles. The monoisotopic (exact) mass is 349 g/mol. The maximum absolute atomic E-state index is 12.2. The minimum atomic E-state index is -0.218. The van der Waals surface area contributed by atoms with Crippen molar-refractivity contribution in [2.24, 2.45) is 5.92 Å². The SMILES string of the molecule is CC1CCCC(CCl)(NC(=O)c2csc(Br)c2)C1. The van der Waals surface area contributed by atoms with Gasteiger partial charge in [-0.05, 0) is 40.8 Å². The third-order valence-electron chi connectivity index (χ3n) is 3.56. The molecule has 1 N–H and O–H groups in total. The zero-order valence-corrected chi connectivity index (χ0v) is 13.5. The number of halogens is 2. The Balaban J connectivity index is 2.08. The Hall–Kier alpha value is -0.0600. The molecule has 0 radical (unpaired) electrons. The average Bonchev–Trinajstić information content (AvgIpc) is 2.76. The molecule has 100 valence electrons.